The van der Waals surface area contributed by atoms with Gasteiger partial charge in [-0.1, -0.05) is 6.07 Å². The Morgan fingerprint density at radius 3 is 2.75 bits per heavy atom. The fourth-order valence-electron chi connectivity index (χ4n) is 8.30. The highest BCUT2D eigenvalue weighted by atomic mass is 16.6. The maximum atomic E-state index is 13.8. The number of nitrogens with zero attached hydrogens (tertiary/aromatic N) is 3. The standard InChI is InChI=1S/C32H43N7O9/c1-38-14-11-31-25-17-7-8-19(46-2)26(25)48-27(31)20(9-10-32(31,45)21(38)15-17)47-30(44)39-13-4-6-22(39)37-28(43)18(5-3-12-35-29(33)34)36-23(40)16-24(41)42/h7-9,18,21-22,27,45H,3-6,10-16H2,1-2H3,(H,36,40)(H,37,43)(H,41,42)(H4,33,34,35)/t18-,21+,22?,27-,31-,32+/m0/s1. The van der Waals surface area contributed by atoms with Gasteiger partial charge in [-0.3, -0.25) is 24.3 Å². The van der Waals surface area contributed by atoms with Gasteiger partial charge in [0.1, 0.15) is 24.4 Å². The van der Waals surface area contributed by atoms with Crippen molar-refractivity contribution >= 4 is 29.8 Å². The number of rotatable bonds is 11. The highest BCUT2D eigenvalue weighted by Crippen LogP contribution is 2.65. The van der Waals surface area contributed by atoms with Crippen LogP contribution in [0.4, 0.5) is 4.79 Å². The molecular formula is C32H43N7O9. The van der Waals surface area contributed by atoms with E-state index in [9.17, 15) is 24.3 Å². The molecule has 5 aliphatic rings. The first-order valence-electron chi connectivity index (χ1n) is 16.2. The maximum absolute atomic E-state index is 13.8. The first kappa shape index (κ1) is 33.3. The Morgan fingerprint density at radius 2 is 2.02 bits per heavy atom. The van der Waals surface area contributed by atoms with E-state index in [0.717, 1.165) is 17.7 Å². The lowest BCUT2D eigenvalue weighted by Crippen LogP contribution is -2.74. The molecule has 1 aromatic rings. The fraction of sp³-hybridized carbons (Fsp3) is 0.594. The van der Waals surface area contributed by atoms with Crippen molar-refractivity contribution in [2.45, 2.75) is 86.7 Å². The van der Waals surface area contributed by atoms with Crippen molar-refractivity contribution in [2.24, 2.45) is 16.5 Å². The average Bonchev–Trinajstić information content (AvgIpc) is 3.64. The molecule has 6 rings (SSSR count). The van der Waals surface area contributed by atoms with Gasteiger partial charge in [-0.05, 0) is 69.8 Å². The van der Waals surface area contributed by atoms with Crippen molar-refractivity contribution in [1.82, 2.24) is 20.4 Å². The number of carboxylic acid groups (broad SMARTS) is 1. The predicted octanol–water partition coefficient (Wildman–Crippen LogP) is -0.339. The van der Waals surface area contributed by atoms with Gasteiger partial charge in [-0.15, -0.1) is 0 Å². The second-order valence-corrected chi connectivity index (χ2v) is 13.2. The van der Waals surface area contributed by atoms with Crippen molar-refractivity contribution in [2.75, 3.05) is 33.8 Å². The van der Waals surface area contributed by atoms with Crippen molar-refractivity contribution < 1.29 is 43.6 Å². The summed E-state index contributed by atoms with van der Waals surface area (Å²) in [6.07, 6.45) is 1.73. The van der Waals surface area contributed by atoms with E-state index in [-0.39, 0.29) is 31.4 Å². The molecule has 2 saturated heterocycles. The molecule has 1 unspecified atom stereocenters. The Balaban J connectivity index is 1.19. The first-order valence-corrected chi connectivity index (χ1v) is 16.2. The van der Waals surface area contributed by atoms with E-state index in [2.05, 4.69) is 20.5 Å². The summed E-state index contributed by atoms with van der Waals surface area (Å²) in [5.74, 6) is -1.45. The molecular weight excluding hydrogens is 626 g/mol. The molecule has 260 valence electrons. The van der Waals surface area contributed by atoms with E-state index in [1.807, 2.05) is 19.2 Å². The number of hydrogen-bond donors (Lipinski definition) is 6. The number of carbonyl (C=O) groups is 4. The summed E-state index contributed by atoms with van der Waals surface area (Å²) < 4.78 is 18.3. The highest BCUT2D eigenvalue weighted by Gasteiger charge is 2.72. The molecule has 2 aliphatic carbocycles. The Hall–Kier alpha value is -4.57. The number of likely N-dealkylation sites (N-methyl/N-ethyl adjacent to an activating group) is 1. The zero-order valence-electron chi connectivity index (χ0n) is 27.1. The summed E-state index contributed by atoms with van der Waals surface area (Å²) >= 11 is 0. The molecule has 0 radical (unpaired) electrons. The molecule has 0 saturated carbocycles. The smallest absolute Gasteiger partial charge is 0.416 e. The predicted molar refractivity (Wildman–Crippen MR) is 170 cm³/mol. The van der Waals surface area contributed by atoms with Gasteiger partial charge in [0.15, 0.2) is 23.6 Å². The van der Waals surface area contributed by atoms with E-state index in [1.54, 1.807) is 13.2 Å². The van der Waals surface area contributed by atoms with Gasteiger partial charge >= 0.3 is 12.1 Å². The van der Waals surface area contributed by atoms with Gasteiger partial charge in [0.2, 0.25) is 11.8 Å². The van der Waals surface area contributed by atoms with Crippen molar-refractivity contribution in [3.63, 3.8) is 0 Å². The third-order valence-corrected chi connectivity index (χ3v) is 10.5. The molecule has 0 aromatic heterocycles. The van der Waals surface area contributed by atoms with E-state index < -0.39 is 59.6 Å². The number of guanidine groups is 1. The average molecular weight is 670 g/mol. The highest BCUT2D eigenvalue weighted by molar-refractivity contribution is 5.96. The molecule has 3 aliphatic heterocycles. The van der Waals surface area contributed by atoms with Gasteiger partial charge in [-0.2, -0.15) is 0 Å². The Labute approximate surface area is 277 Å². The van der Waals surface area contributed by atoms with Crippen LogP contribution >= 0.6 is 0 Å². The number of carbonyl (C=O) groups excluding carboxylic acids is 3. The second kappa shape index (κ2) is 12.8. The SMILES string of the molecule is COc1ccc2c3c1O[C@H]1C(OC(=O)N4CCCC4NC(=O)[C@H](CCCN=C(N)N)NC(=O)CC(=O)O)=CC[C@@]4(O)[C@@H](C2)N(C)CC[C@]314. The summed E-state index contributed by atoms with van der Waals surface area (Å²) in [6, 6.07) is 2.66. The lowest BCUT2D eigenvalue weighted by Gasteiger charge is -2.61. The van der Waals surface area contributed by atoms with Crippen LogP contribution in [0.3, 0.4) is 0 Å². The van der Waals surface area contributed by atoms with Crippen LogP contribution in [0, 0.1) is 0 Å². The number of hydrogen-bond acceptors (Lipinski definition) is 10. The van der Waals surface area contributed by atoms with E-state index in [1.165, 1.54) is 4.90 Å². The monoisotopic (exact) mass is 669 g/mol. The van der Waals surface area contributed by atoms with Crippen LogP contribution in [-0.2, 0) is 31.0 Å². The lowest BCUT2D eigenvalue weighted by molar-refractivity contribution is -0.163. The number of nitrogens with one attached hydrogen (secondary N) is 2. The van der Waals surface area contributed by atoms with Crippen LogP contribution in [0.25, 0.3) is 0 Å². The third-order valence-electron chi connectivity index (χ3n) is 10.5. The molecule has 1 aromatic carbocycles. The summed E-state index contributed by atoms with van der Waals surface area (Å²) in [7, 11) is 3.58. The largest absolute Gasteiger partial charge is 0.493 e. The molecule has 16 nitrogen and oxygen atoms in total. The van der Waals surface area contributed by atoms with Gasteiger partial charge in [0, 0.05) is 31.1 Å². The zero-order chi connectivity index (χ0) is 34.4. The summed E-state index contributed by atoms with van der Waals surface area (Å²) in [5, 5.41) is 26.7. The van der Waals surface area contributed by atoms with E-state index >= 15 is 0 Å². The lowest BCUT2D eigenvalue weighted by atomic mass is 9.50. The number of piperidine rings is 1. The van der Waals surface area contributed by atoms with Gasteiger partial charge in [0.05, 0.1) is 18.1 Å². The number of methoxy groups -OCH3 is 1. The number of aliphatic carboxylic acids is 1. The number of benzene rings is 1. The van der Waals surface area contributed by atoms with Crippen LogP contribution in [0.15, 0.2) is 29.0 Å². The van der Waals surface area contributed by atoms with Crippen molar-refractivity contribution in [3.8, 4) is 11.5 Å². The van der Waals surface area contributed by atoms with Crippen LogP contribution in [0.5, 0.6) is 11.5 Å². The first-order chi connectivity index (χ1) is 22.9. The number of amides is 3. The van der Waals surface area contributed by atoms with Gasteiger partial charge in [-0.25, -0.2) is 4.79 Å². The molecule has 3 amide bonds. The fourth-order valence-corrected chi connectivity index (χ4v) is 8.30. The topological polar surface area (TPSA) is 231 Å². The van der Waals surface area contributed by atoms with Crippen LogP contribution < -0.4 is 31.6 Å². The Morgan fingerprint density at radius 1 is 1.23 bits per heavy atom. The number of carboxylic acids is 1. The minimum Gasteiger partial charge on any atom is -0.493 e. The number of ether oxygens (including phenoxy) is 3. The summed E-state index contributed by atoms with van der Waals surface area (Å²) in [6.45, 7) is 1.23. The zero-order valence-corrected chi connectivity index (χ0v) is 27.1. The summed E-state index contributed by atoms with van der Waals surface area (Å²) in [5.41, 5.74) is 10.7. The molecule has 16 heteroatoms. The molecule has 3 heterocycles. The van der Waals surface area contributed by atoms with Crippen molar-refractivity contribution in [3.05, 3.63) is 35.1 Å². The maximum Gasteiger partial charge on any atom is 0.416 e. The Bertz CT molecular complexity index is 1560. The third kappa shape index (κ3) is 5.55. The number of likely N-dealkylation sites (tertiary alicyclic amines) is 2. The quantitative estimate of drug-likeness (QED) is 0.0769. The molecule has 2 fully saturated rings. The van der Waals surface area contributed by atoms with Gasteiger partial charge in [0.25, 0.3) is 0 Å². The Kier molecular flexibility index (Phi) is 8.89. The second-order valence-electron chi connectivity index (χ2n) is 13.2. The molecule has 8 N–H and O–H groups in total. The van der Waals surface area contributed by atoms with Crippen LogP contribution in [-0.4, -0.2) is 114 Å². The van der Waals surface area contributed by atoms with E-state index in [0.29, 0.717) is 55.9 Å². The van der Waals surface area contributed by atoms with Crippen molar-refractivity contribution in [1.29, 1.82) is 0 Å². The summed E-state index contributed by atoms with van der Waals surface area (Å²) in [4.78, 5) is 58.0. The minimum atomic E-state index is -1.33. The number of aliphatic imine (C=N–C) groups is 1. The normalized spacial score (nSPS) is 28.7. The van der Waals surface area contributed by atoms with Gasteiger partial charge < -0.3 is 51.4 Å². The van der Waals surface area contributed by atoms with Crippen LogP contribution in [0.1, 0.15) is 56.1 Å². The number of nitrogens with two attached hydrogens (primary N) is 2. The van der Waals surface area contributed by atoms with Crippen LogP contribution in [0.2, 0.25) is 0 Å². The molecule has 48 heavy (non-hydrogen) atoms. The minimum absolute atomic E-state index is 0.117. The molecule has 1 spiro atoms. The molecule has 6 atom stereocenters. The molecule has 2 bridgehead atoms. The van der Waals surface area contributed by atoms with E-state index in [4.69, 9.17) is 30.8 Å². The number of aliphatic hydroxyl groups is 1.